The van der Waals surface area contributed by atoms with Crippen LogP contribution in [0, 0.1) is 0 Å². The maximum absolute atomic E-state index is 5.52. The molecule has 0 aromatic rings. The highest BCUT2D eigenvalue weighted by Gasteiger charge is 2.28. The zero-order valence-corrected chi connectivity index (χ0v) is 7.16. The van der Waals surface area contributed by atoms with Crippen molar-refractivity contribution in [1.82, 2.24) is 4.90 Å². The molecule has 0 atom stereocenters. The molecule has 0 radical (unpaired) electrons. The van der Waals surface area contributed by atoms with Crippen molar-refractivity contribution in [2.75, 3.05) is 6.54 Å². The molecule has 2 nitrogen and oxygen atoms in total. The Morgan fingerprint density at radius 1 is 1.70 bits per heavy atom. The Hall–Kier alpha value is -0.310. The molecule has 1 saturated carbocycles. The second kappa shape index (κ2) is 3.19. The Kier molecular flexibility index (Phi) is 2.49. The van der Waals surface area contributed by atoms with Gasteiger partial charge in [0, 0.05) is 12.6 Å². The molecule has 0 spiro atoms. The molecule has 10 heavy (non-hydrogen) atoms. The lowest BCUT2D eigenvalue weighted by molar-refractivity contribution is 0.411. The standard InChI is InChI=1S/C7H14N2S/c1-2-5-9(7(8)10)6-3-4-6/h6H,2-5H2,1H3,(H2,8,10). The highest BCUT2D eigenvalue weighted by Crippen LogP contribution is 2.26. The molecule has 0 heterocycles. The Bertz CT molecular complexity index is 132. The van der Waals surface area contributed by atoms with Gasteiger partial charge in [0.2, 0.25) is 0 Å². The fourth-order valence-electron chi connectivity index (χ4n) is 1.10. The lowest BCUT2D eigenvalue weighted by Gasteiger charge is -2.20. The van der Waals surface area contributed by atoms with E-state index in [9.17, 15) is 0 Å². The van der Waals surface area contributed by atoms with Gasteiger partial charge in [-0.2, -0.15) is 0 Å². The Morgan fingerprint density at radius 2 is 2.30 bits per heavy atom. The van der Waals surface area contributed by atoms with Crippen molar-refractivity contribution in [2.24, 2.45) is 5.73 Å². The average Bonchev–Trinajstić information content (AvgIpc) is 2.63. The van der Waals surface area contributed by atoms with Crippen LogP contribution >= 0.6 is 12.2 Å². The zero-order chi connectivity index (χ0) is 7.56. The molecule has 0 saturated heterocycles. The predicted molar refractivity (Wildman–Crippen MR) is 46.8 cm³/mol. The first-order chi connectivity index (χ1) is 4.75. The lowest BCUT2D eigenvalue weighted by Crippen LogP contribution is -2.37. The van der Waals surface area contributed by atoms with Gasteiger partial charge in [0.15, 0.2) is 5.11 Å². The highest BCUT2D eigenvalue weighted by atomic mass is 32.1. The molecule has 3 heteroatoms. The van der Waals surface area contributed by atoms with E-state index in [1.807, 2.05) is 0 Å². The van der Waals surface area contributed by atoms with Gasteiger partial charge in [-0.1, -0.05) is 6.92 Å². The molecule has 0 amide bonds. The summed E-state index contributed by atoms with van der Waals surface area (Å²) in [7, 11) is 0. The van der Waals surface area contributed by atoms with Crippen LogP contribution in [0.25, 0.3) is 0 Å². The van der Waals surface area contributed by atoms with Crippen molar-refractivity contribution in [1.29, 1.82) is 0 Å². The summed E-state index contributed by atoms with van der Waals surface area (Å²) >= 11 is 4.90. The van der Waals surface area contributed by atoms with Gasteiger partial charge in [0.25, 0.3) is 0 Å². The summed E-state index contributed by atoms with van der Waals surface area (Å²) in [6.45, 7) is 3.17. The van der Waals surface area contributed by atoms with Crippen molar-refractivity contribution in [3.05, 3.63) is 0 Å². The van der Waals surface area contributed by atoms with E-state index in [1.54, 1.807) is 0 Å². The van der Waals surface area contributed by atoms with Crippen molar-refractivity contribution >= 4 is 17.3 Å². The molecule has 1 aliphatic carbocycles. The zero-order valence-electron chi connectivity index (χ0n) is 6.34. The normalized spacial score (nSPS) is 16.9. The SMILES string of the molecule is CCCN(C(N)=S)C1CC1. The van der Waals surface area contributed by atoms with Gasteiger partial charge in [-0.25, -0.2) is 0 Å². The largest absolute Gasteiger partial charge is 0.376 e. The predicted octanol–water partition coefficient (Wildman–Crippen LogP) is 1.10. The van der Waals surface area contributed by atoms with Crippen molar-refractivity contribution in [2.45, 2.75) is 32.2 Å². The van der Waals surface area contributed by atoms with Crippen molar-refractivity contribution < 1.29 is 0 Å². The topological polar surface area (TPSA) is 29.3 Å². The molecule has 0 aliphatic heterocycles. The van der Waals surface area contributed by atoms with E-state index in [4.69, 9.17) is 18.0 Å². The fourth-order valence-corrected chi connectivity index (χ4v) is 1.34. The minimum atomic E-state index is 0.573. The van der Waals surface area contributed by atoms with Crippen LogP contribution in [0.4, 0.5) is 0 Å². The monoisotopic (exact) mass is 158 g/mol. The maximum Gasteiger partial charge on any atom is 0.166 e. The Labute approximate surface area is 67.4 Å². The number of hydrogen-bond acceptors (Lipinski definition) is 1. The van der Waals surface area contributed by atoms with Crippen LogP contribution in [-0.2, 0) is 0 Å². The van der Waals surface area contributed by atoms with E-state index in [0.29, 0.717) is 11.2 Å². The van der Waals surface area contributed by atoms with Crippen LogP contribution in [0.2, 0.25) is 0 Å². The average molecular weight is 158 g/mol. The summed E-state index contributed by atoms with van der Waals surface area (Å²) < 4.78 is 0. The summed E-state index contributed by atoms with van der Waals surface area (Å²) in [4.78, 5) is 2.13. The molecular weight excluding hydrogens is 144 g/mol. The minimum Gasteiger partial charge on any atom is -0.376 e. The molecular formula is C7H14N2S. The third kappa shape index (κ3) is 1.84. The van der Waals surface area contributed by atoms with E-state index >= 15 is 0 Å². The Morgan fingerprint density at radius 3 is 2.60 bits per heavy atom. The fraction of sp³-hybridized carbons (Fsp3) is 0.857. The number of thiocarbonyl (C=S) groups is 1. The first kappa shape index (κ1) is 7.79. The molecule has 0 aromatic heterocycles. The molecule has 0 unspecified atom stereocenters. The number of hydrogen-bond donors (Lipinski definition) is 1. The molecule has 58 valence electrons. The number of nitrogens with two attached hydrogens (primary N) is 1. The molecule has 0 aromatic carbocycles. The van der Waals surface area contributed by atoms with E-state index < -0.39 is 0 Å². The smallest absolute Gasteiger partial charge is 0.166 e. The maximum atomic E-state index is 5.52. The quantitative estimate of drug-likeness (QED) is 0.624. The van der Waals surface area contributed by atoms with Gasteiger partial charge in [0.05, 0.1) is 0 Å². The van der Waals surface area contributed by atoms with E-state index in [2.05, 4.69) is 11.8 Å². The first-order valence-electron chi connectivity index (χ1n) is 3.81. The number of rotatable bonds is 3. The Balaban J connectivity index is 2.34. The third-order valence-electron chi connectivity index (χ3n) is 1.74. The van der Waals surface area contributed by atoms with Gasteiger partial charge >= 0.3 is 0 Å². The van der Waals surface area contributed by atoms with E-state index in [0.717, 1.165) is 13.0 Å². The van der Waals surface area contributed by atoms with Gasteiger partial charge in [-0.3, -0.25) is 0 Å². The summed E-state index contributed by atoms with van der Waals surface area (Å²) in [5, 5.41) is 0.573. The summed E-state index contributed by atoms with van der Waals surface area (Å²) in [5.74, 6) is 0. The number of nitrogens with zero attached hydrogens (tertiary/aromatic N) is 1. The second-order valence-electron chi connectivity index (χ2n) is 2.76. The van der Waals surface area contributed by atoms with Crippen LogP contribution in [0.5, 0.6) is 0 Å². The lowest BCUT2D eigenvalue weighted by atomic mass is 10.4. The van der Waals surface area contributed by atoms with Gasteiger partial charge < -0.3 is 10.6 Å². The molecule has 0 bridgehead atoms. The molecule has 2 N–H and O–H groups in total. The minimum absolute atomic E-state index is 0.573. The second-order valence-corrected chi connectivity index (χ2v) is 3.18. The van der Waals surface area contributed by atoms with Gasteiger partial charge in [-0.05, 0) is 31.5 Å². The van der Waals surface area contributed by atoms with Crippen LogP contribution < -0.4 is 5.73 Å². The van der Waals surface area contributed by atoms with Crippen molar-refractivity contribution in [3.8, 4) is 0 Å². The molecule has 1 rings (SSSR count). The van der Waals surface area contributed by atoms with E-state index in [1.165, 1.54) is 12.8 Å². The van der Waals surface area contributed by atoms with E-state index in [-0.39, 0.29) is 0 Å². The van der Waals surface area contributed by atoms with Crippen LogP contribution in [0.15, 0.2) is 0 Å². The van der Waals surface area contributed by atoms with Gasteiger partial charge in [-0.15, -0.1) is 0 Å². The van der Waals surface area contributed by atoms with Crippen LogP contribution in [0.1, 0.15) is 26.2 Å². The third-order valence-corrected chi connectivity index (χ3v) is 1.97. The highest BCUT2D eigenvalue weighted by molar-refractivity contribution is 7.80. The van der Waals surface area contributed by atoms with Crippen LogP contribution in [-0.4, -0.2) is 22.6 Å². The summed E-state index contributed by atoms with van der Waals surface area (Å²) in [6, 6.07) is 0.678. The van der Waals surface area contributed by atoms with Crippen LogP contribution in [0.3, 0.4) is 0 Å². The first-order valence-corrected chi connectivity index (χ1v) is 4.22. The van der Waals surface area contributed by atoms with Gasteiger partial charge in [0.1, 0.15) is 0 Å². The summed E-state index contributed by atoms with van der Waals surface area (Å²) in [5.41, 5.74) is 5.52. The summed E-state index contributed by atoms with van der Waals surface area (Å²) in [6.07, 6.45) is 3.68. The van der Waals surface area contributed by atoms with Crippen molar-refractivity contribution in [3.63, 3.8) is 0 Å². The molecule has 1 aliphatic rings. The molecule has 1 fully saturated rings.